The number of carboxylic acids is 1. The van der Waals surface area contributed by atoms with Gasteiger partial charge in [0.25, 0.3) is 0 Å². The van der Waals surface area contributed by atoms with Crippen molar-refractivity contribution in [1.29, 1.82) is 0 Å². The van der Waals surface area contributed by atoms with E-state index in [2.05, 4.69) is 12.2 Å². The molecule has 2 unspecified atom stereocenters. The molecule has 2 atom stereocenters. The van der Waals surface area contributed by atoms with Crippen LogP contribution in [0.2, 0.25) is 0 Å². The van der Waals surface area contributed by atoms with Crippen molar-refractivity contribution in [2.45, 2.75) is 96.6 Å². The Morgan fingerprint density at radius 1 is 0.917 bits per heavy atom. The van der Waals surface area contributed by atoms with E-state index in [-0.39, 0.29) is 11.9 Å². The maximum absolute atomic E-state index is 12.0. The number of nitrogens with one attached hydrogen (secondary N) is 1. The normalized spacial score (nSPS) is 13.7. The largest absolute Gasteiger partial charge is 0.480 e. The number of carbonyl (C=O) groups is 2. The predicted octanol–water partition coefficient (Wildman–Crippen LogP) is 3.82. The van der Waals surface area contributed by atoms with Gasteiger partial charge in [0.15, 0.2) is 0 Å². The number of carbonyl (C=O) groups excluding carboxylic acids is 1. The summed E-state index contributed by atoms with van der Waals surface area (Å²) in [4.78, 5) is 25.1. The van der Waals surface area contributed by atoms with E-state index in [9.17, 15) is 14.7 Å². The zero-order valence-electron chi connectivity index (χ0n) is 16.1. The molecule has 0 aromatic carbocycles. The van der Waals surface area contributed by atoms with Gasteiger partial charge in [-0.1, -0.05) is 65.2 Å². The first-order valence-corrected chi connectivity index (χ1v) is 9.62. The summed E-state index contributed by atoms with van der Waals surface area (Å²) in [5.74, 6) is -0.923. The topological polar surface area (TPSA) is 69.6 Å². The molecule has 24 heavy (non-hydrogen) atoms. The molecule has 0 aliphatic rings. The first kappa shape index (κ1) is 22.9. The zero-order chi connectivity index (χ0) is 18.4. The molecule has 142 valence electrons. The first-order valence-electron chi connectivity index (χ1n) is 9.62. The number of hydrogen-bond donors (Lipinski definition) is 2. The molecule has 0 saturated heterocycles. The molecule has 0 fully saturated rings. The smallest absolute Gasteiger partial charge is 0.323 e. The highest BCUT2D eigenvalue weighted by Gasteiger charge is 2.29. The van der Waals surface area contributed by atoms with Crippen LogP contribution in [-0.2, 0) is 9.59 Å². The van der Waals surface area contributed by atoms with E-state index in [0.717, 1.165) is 12.8 Å². The van der Waals surface area contributed by atoms with E-state index < -0.39 is 12.0 Å². The summed E-state index contributed by atoms with van der Waals surface area (Å²) in [6.07, 6.45) is 12.1. The Morgan fingerprint density at radius 3 is 1.83 bits per heavy atom. The Labute approximate surface area is 148 Å². The van der Waals surface area contributed by atoms with Crippen LogP contribution >= 0.6 is 0 Å². The van der Waals surface area contributed by atoms with Crippen LogP contribution in [0.5, 0.6) is 0 Å². The van der Waals surface area contributed by atoms with Crippen molar-refractivity contribution in [3.8, 4) is 0 Å². The van der Waals surface area contributed by atoms with Gasteiger partial charge in [-0.05, 0) is 26.9 Å². The van der Waals surface area contributed by atoms with E-state index in [0.29, 0.717) is 12.8 Å². The molecule has 0 aromatic rings. The molecule has 0 saturated carbocycles. The lowest BCUT2D eigenvalue weighted by Gasteiger charge is -2.29. The van der Waals surface area contributed by atoms with Crippen LogP contribution in [0.25, 0.3) is 0 Å². The van der Waals surface area contributed by atoms with Gasteiger partial charge >= 0.3 is 5.97 Å². The van der Waals surface area contributed by atoms with Crippen molar-refractivity contribution < 1.29 is 14.7 Å². The van der Waals surface area contributed by atoms with Crippen molar-refractivity contribution in [1.82, 2.24) is 10.2 Å². The number of hydrogen-bond acceptors (Lipinski definition) is 3. The third-order valence-electron chi connectivity index (χ3n) is 4.48. The number of likely N-dealkylation sites (N-methyl/N-ethyl adjacent to an activating group) is 1. The summed E-state index contributed by atoms with van der Waals surface area (Å²) in [6.45, 7) is 4.13. The summed E-state index contributed by atoms with van der Waals surface area (Å²) in [7, 11) is 3.46. The van der Waals surface area contributed by atoms with Crippen LogP contribution in [0, 0.1) is 0 Å². The van der Waals surface area contributed by atoms with Gasteiger partial charge in [-0.25, -0.2) is 0 Å². The number of rotatable bonds is 15. The molecule has 0 aliphatic heterocycles. The van der Waals surface area contributed by atoms with Crippen molar-refractivity contribution in [3.63, 3.8) is 0 Å². The molecule has 2 N–H and O–H groups in total. The van der Waals surface area contributed by atoms with Crippen LogP contribution in [-0.4, -0.2) is 48.1 Å². The average molecular weight is 343 g/mol. The van der Waals surface area contributed by atoms with Gasteiger partial charge in [-0.15, -0.1) is 0 Å². The molecule has 0 heterocycles. The third-order valence-corrected chi connectivity index (χ3v) is 4.48. The quantitative estimate of drug-likeness (QED) is 0.444. The van der Waals surface area contributed by atoms with Gasteiger partial charge in [-0.3, -0.25) is 14.5 Å². The molecule has 5 nitrogen and oxygen atoms in total. The summed E-state index contributed by atoms with van der Waals surface area (Å²) >= 11 is 0. The number of unbranched alkanes of at least 4 members (excludes halogenated alkanes) is 8. The van der Waals surface area contributed by atoms with Gasteiger partial charge < -0.3 is 10.4 Å². The molecule has 1 amide bonds. The Hall–Kier alpha value is -1.10. The third kappa shape index (κ3) is 10.6. The molecule has 0 aliphatic carbocycles. The van der Waals surface area contributed by atoms with Crippen LogP contribution in [0.15, 0.2) is 0 Å². The molecule has 0 rings (SSSR count). The maximum atomic E-state index is 12.0. The lowest BCUT2D eigenvalue weighted by Crippen LogP contribution is -2.53. The highest BCUT2D eigenvalue weighted by molar-refractivity contribution is 5.79. The minimum absolute atomic E-state index is 0.0297. The maximum Gasteiger partial charge on any atom is 0.323 e. The summed E-state index contributed by atoms with van der Waals surface area (Å²) in [6, 6.07) is -1.02. The minimum Gasteiger partial charge on any atom is -0.480 e. The SMILES string of the molecule is CCCCCCCCCCCC(=O)NC(CC)C(C(=O)O)N(C)C. The predicted molar refractivity (Wildman–Crippen MR) is 99.2 cm³/mol. The summed E-state index contributed by atoms with van der Waals surface area (Å²) < 4.78 is 0. The molecule has 5 heteroatoms. The van der Waals surface area contributed by atoms with Gasteiger partial charge in [-0.2, -0.15) is 0 Å². The molecular weight excluding hydrogens is 304 g/mol. The highest BCUT2D eigenvalue weighted by Crippen LogP contribution is 2.11. The highest BCUT2D eigenvalue weighted by atomic mass is 16.4. The van der Waals surface area contributed by atoms with Crippen LogP contribution in [0.4, 0.5) is 0 Å². The standard InChI is InChI=1S/C19H38N2O3/c1-5-7-8-9-10-11-12-13-14-15-17(22)20-16(6-2)18(19(23)24)21(3)4/h16,18H,5-15H2,1-4H3,(H,20,22)(H,23,24). The molecule has 0 aromatic heterocycles. The van der Waals surface area contributed by atoms with E-state index in [4.69, 9.17) is 0 Å². The van der Waals surface area contributed by atoms with Crippen molar-refractivity contribution in [2.75, 3.05) is 14.1 Å². The fourth-order valence-corrected chi connectivity index (χ4v) is 3.03. The van der Waals surface area contributed by atoms with E-state index in [1.807, 2.05) is 6.92 Å². The molecule has 0 bridgehead atoms. The first-order chi connectivity index (χ1) is 11.4. The second-order valence-corrected chi connectivity index (χ2v) is 6.91. The summed E-state index contributed by atoms with van der Waals surface area (Å²) in [5.41, 5.74) is 0. The van der Waals surface area contributed by atoms with Crippen molar-refractivity contribution in [3.05, 3.63) is 0 Å². The number of aliphatic carboxylic acids is 1. The second-order valence-electron chi connectivity index (χ2n) is 6.91. The molecular formula is C19H38N2O3. The lowest BCUT2D eigenvalue weighted by atomic mass is 10.0. The minimum atomic E-state index is -0.893. The Kier molecular flexibility index (Phi) is 13.6. The monoisotopic (exact) mass is 342 g/mol. The fourth-order valence-electron chi connectivity index (χ4n) is 3.03. The Morgan fingerprint density at radius 2 is 1.42 bits per heavy atom. The van der Waals surface area contributed by atoms with E-state index in [1.54, 1.807) is 19.0 Å². The number of nitrogens with zero attached hydrogens (tertiary/aromatic N) is 1. The number of amides is 1. The van der Waals surface area contributed by atoms with Crippen molar-refractivity contribution in [2.24, 2.45) is 0 Å². The molecule has 0 spiro atoms. The van der Waals surface area contributed by atoms with Gasteiger partial charge in [0.05, 0.1) is 6.04 Å². The Balaban J connectivity index is 3.89. The van der Waals surface area contributed by atoms with E-state index in [1.165, 1.54) is 44.9 Å². The van der Waals surface area contributed by atoms with Crippen LogP contribution in [0.1, 0.15) is 84.5 Å². The lowest BCUT2D eigenvalue weighted by molar-refractivity contribution is -0.143. The van der Waals surface area contributed by atoms with Crippen molar-refractivity contribution >= 4 is 11.9 Å². The van der Waals surface area contributed by atoms with Crippen LogP contribution in [0.3, 0.4) is 0 Å². The second kappa shape index (κ2) is 14.3. The van der Waals surface area contributed by atoms with Gasteiger partial charge in [0.2, 0.25) is 5.91 Å². The number of carboxylic acid groups (broad SMARTS) is 1. The molecule has 0 radical (unpaired) electrons. The zero-order valence-corrected chi connectivity index (χ0v) is 16.1. The van der Waals surface area contributed by atoms with Crippen LogP contribution < -0.4 is 5.32 Å². The van der Waals surface area contributed by atoms with Gasteiger partial charge in [0, 0.05) is 6.42 Å². The summed E-state index contributed by atoms with van der Waals surface area (Å²) in [5, 5.41) is 12.2. The van der Waals surface area contributed by atoms with Gasteiger partial charge in [0.1, 0.15) is 6.04 Å². The fraction of sp³-hybridized carbons (Fsp3) is 0.895. The average Bonchev–Trinajstić information content (AvgIpc) is 2.51. The Bertz CT molecular complexity index is 346. The van der Waals surface area contributed by atoms with E-state index >= 15 is 0 Å².